The normalized spacial score (nSPS) is 22.1. The Kier molecular flexibility index (Phi) is 3.59. The van der Waals surface area contributed by atoms with Gasteiger partial charge in [0, 0.05) is 6.54 Å². The number of nitrogens with zero attached hydrogens (tertiary/aromatic N) is 1. The molecular weight excluding hydrogens is 220 g/mol. The van der Waals surface area contributed by atoms with Gasteiger partial charge in [0.05, 0.1) is 0 Å². The second-order valence-electron chi connectivity index (χ2n) is 6.00. The Hall–Kier alpha value is -1.39. The van der Waals surface area contributed by atoms with E-state index in [2.05, 4.69) is 5.32 Å². The summed E-state index contributed by atoms with van der Waals surface area (Å²) >= 11 is 0. The van der Waals surface area contributed by atoms with Gasteiger partial charge < -0.3 is 0 Å². The van der Waals surface area contributed by atoms with E-state index in [0.29, 0.717) is 6.54 Å². The van der Waals surface area contributed by atoms with Crippen molar-refractivity contribution in [3.63, 3.8) is 0 Å². The van der Waals surface area contributed by atoms with Crippen LogP contribution in [0.25, 0.3) is 0 Å². The number of barbiturate groups is 1. The van der Waals surface area contributed by atoms with Crippen LogP contribution in [0.5, 0.6) is 0 Å². The maximum Gasteiger partial charge on any atom is 0.330 e. The zero-order chi connectivity index (χ0) is 13.4. The highest BCUT2D eigenvalue weighted by atomic mass is 16.2. The van der Waals surface area contributed by atoms with Crippen molar-refractivity contribution in [1.29, 1.82) is 0 Å². The molecule has 0 radical (unpaired) electrons. The maximum absolute atomic E-state index is 12.1. The molecule has 1 atom stereocenters. The molecule has 1 fully saturated rings. The van der Waals surface area contributed by atoms with Crippen LogP contribution in [0.1, 0.15) is 34.6 Å². The van der Waals surface area contributed by atoms with Crippen LogP contribution in [0.4, 0.5) is 4.79 Å². The van der Waals surface area contributed by atoms with Crippen LogP contribution in [-0.4, -0.2) is 29.3 Å². The van der Waals surface area contributed by atoms with E-state index < -0.39 is 17.9 Å². The fourth-order valence-corrected chi connectivity index (χ4v) is 1.84. The molecule has 0 aliphatic carbocycles. The van der Waals surface area contributed by atoms with Crippen molar-refractivity contribution < 1.29 is 14.4 Å². The quantitative estimate of drug-likeness (QED) is 0.741. The average Bonchev–Trinajstić information content (AvgIpc) is 2.09. The van der Waals surface area contributed by atoms with E-state index in [1.54, 1.807) is 13.8 Å². The molecule has 1 aliphatic heterocycles. The number of rotatable bonds is 2. The van der Waals surface area contributed by atoms with Gasteiger partial charge in [-0.3, -0.25) is 19.8 Å². The van der Waals surface area contributed by atoms with Crippen LogP contribution < -0.4 is 5.32 Å². The third kappa shape index (κ3) is 3.05. The maximum atomic E-state index is 12.1. The van der Waals surface area contributed by atoms with E-state index in [9.17, 15) is 14.4 Å². The number of carbonyl (C=O) groups is 3. The second kappa shape index (κ2) is 4.47. The monoisotopic (exact) mass is 240 g/mol. The third-order valence-corrected chi connectivity index (χ3v) is 2.59. The second-order valence-corrected chi connectivity index (χ2v) is 6.00. The molecule has 1 aliphatic rings. The fourth-order valence-electron chi connectivity index (χ4n) is 1.84. The summed E-state index contributed by atoms with van der Waals surface area (Å²) in [6.07, 6.45) is 0. The lowest BCUT2D eigenvalue weighted by Crippen LogP contribution is -2.60. The van der Waals surface area contributed by atoms with Crippen molar-refractivity contribution in [2.45, 2.75) is 34.6 Å². The highest BCUT2D eigenvalue weighted by molar-refractivity contribution is 6.16. The van der Waals surface area contributed by atoms with Gasteiger partial charge in [-0.2, -0.15) is 0 Å². The number of hydrogen-bond donors (Lipinski definition) is 1. The molecule has 1 unspecified atom stereocenters. The first-order valence-electron chi connectivity index (χ1n) is 5.79. The minimum atomic E-state index is -0.755. The highest BCUT2D eigenvalue weighted by Gasteiger charge is 2.42. The first-order chi connectivity index (χ1) is 7.63. The van der Waals surface area contributed by atoms with E-state index >= 15 is 0 Å². The molecule has 4 amide bonds. The molecule has 1 saturated heterocycles. The highest BCUT2D eigenvalue weighted by Crippen LogP contribution is 2.23. The summed E-state index contributed by atoms with van der Waals surface area (Å²) < 4.78 is 0. The molecule has 5 heteroatoms. The lowest BCUT2D eigenvalue weighted by atomic mass is 9.90. The first kappa shape index (κ1) is 13.7. The molecule has 0 spiro atoms. The SMILES string of the molecule is CC(C)C1C(=O)NC(=O)N(CC(C)(C)C)C1=O. The molecule has 17 heavy (non-hydrogen) atoms. The summed E-state index contributed by atoms with van der Waals surface area (Å²) in [5.74, 6) is -1.74. The lowest BCUT2D eigenvalue weighted by molar-refractivity contribution is -0.145. The van der Waals surface area contributed by atoms with Crippen molar-refractivity contribution in [2.75, 3.05) is 6.54 Å². The molecule has 96 valence electrons. The Morgan fingerprint density at radius 2 is 1.76 bits per heavy atom. The Bertz CT molecular complexity index is 355. The summed E-state index contributed by atoms with van der Waals surface area (Å²) in [5.41, 5.74) is -0.186. The van der Waals surface area contributed by atoms with Crippen LogP contribution in [-0.2, 0) is 9.59 Å². The summed E-state index contributed by atoms with van der Waals surface area (Å²) in [4.78, 5) is 36.5. The van der Waals surface area contributed by atoms with Crippen molar-refractivity contribution in [2.24, 2.45) is 17.3 Å². The Labute approximate surface area is 102 Å². The number of hydrogen-bond acceptors (Lipinski definition) is 3. The number of amides is 4. The molecule has 1 N–H and O–H groups in total. The molecule has 1 rings (SSSR count). The fraction of sp³-hybridized carbons (Fsp3) is 0.750. The summed E-state index contributed by atoms with van der Waals surface area (Å²) in [6, 6.07) is -0.605. The molecule has 1 heterocycles. The van der Waals surface area contributed by atoms with Crippen LogP contribution in [0.15, 0.2) is 0 Å². The van der Waals surface area contributed by atoms with E-state index in [1.807, 2.05) is 20.8 Å². The van der Waals surface area contributed by atoms with Gasteiger partial charge in [-0.1, -0.05) is 34.6 Å². The van der Waals surface area contributed by atoms with Gasteiger partial charge in [0.2, 0.25) is 11.8 Å². The van der Waals surface area contributed by atoms with Crippen molar-refractivity contribution in [3.05, 3.63) is 0 Å². The molecule has 0 aromatic rings. The van der Waals surface area contributed by atoms with Gasteiger partial charge in [0.15, 0.2) is 0 Å². The predicted molar refractivity (Wildman–Crippen MR) is 63.0 cm³/mol. The lowest BCUT2D eigenvalue weighted by Gasteiger charge is -2.35. The van der Waals surface area contributed by atoms with E-state index in [1.165, 1.54) is 0 Å². The molecule has 0 aromatic heterocycles. The van der Waals surface area contributed by atoms with Crippen molar-refractivity contribution >= 4 is 17.8 Å². The van der Waals surface area contributed by atoms with Crippen LogP contribution in [0, 0.1) is 17.3 Å². The van der Waals surface area contributed by atoms with Gasteiger partial charge in [-0.25, -0.2) is 4.79 Å². The van der Waals surface area contributed by atoms with Gasteiger partial charge in [0.25, 0.3) is 0 Å². The Morgan fingerprint density at radius 3 is 2.18 bits per heavy atom. The number of carbonyl (C=O) groups excluding carboxylic acids is 3. The molecular formula is C12H20N2O3. The summed E-state index contributed by atoms with van der Waals surface area (Å²) in [6.45, 7) is 9.73. The van der Waals surface area contributed by atoms with Crippen molar-refractivity contribution in [3.8, 4) is 0 Å². The number of imide groups is 2. The van der Waals surface area contributed by atoms with Crippen LogP contribution in [0.2, 0.25) is 0 Å². The van der Waals surface area contributed by atoms with Gasteiger partial charge in [0.1, 0.15) is 5.92 Å². The molecule has 0 saturated carbocycles. The minimum Gasteiger partial charge on any atom is -0.277 e. The van der Waals surface area contributed by atoms with E-state index in [-0.39, 0.29) is 17.2 Å². The van der Waals surface area contributed by atoms with E-state index in [4.69, 9.17) is 0 Å². The topological polar surface area (TPSA) is 66.5 Å². The summed E-state index contributed by atoms with van der Waals surface area (Å²) in [5, 5.41) is 2.24. The minimum absolute atomic E-state index is 0.113. The van der Waals surface area contributed by atoms with Crippen LogP contribution in [0.3, 0.4) is 0 Å². The molecule has 0 aromatic carbocycles. The Balaban J connectivity index is 2.95. The first-order valence-corrected chi connectivity index (χ1v) is 5.79. The van der Waals surface area contributed by atoms with Crippen molar-refractivity contribution in [1.82, 2.24) is 10.2 Å². The zero-order valence-corrected chi connectivity index (χ0v) is 11.0. The van der Waals surface area contributed by atoms with E-state index in [0.717, 1.165) is 4.90 Å². The third-order valence-electron chi connectivity index (χ3n) is 2.59. The van der Waals surface area contributed by atoms with Gasteiger partial charge in [-0.05, 0) is 11.3 Å². The van der Waals surface area contributed by atoms with Crippen LogP contribution >= 0.6 is 0 Å². The average molecular weight is 240 g/mol. The van der Waals surface area contributed by atoms with Gasteiger partial charge in [-0.15, -0.1) is 0 Å². The zero-order valence-electron chi connectivity index (χ0n) is 11.0. The predicted octanol–water partition coefficient (Wildman–Crippen LogP) is 1.38. The standard InChI is InChI=1S/C12H20N2O3/c1-7(2)8-9(15)13-11(17)14(10(8)16)6-12(3,4)5/h7-8H,6H2,1-5H3,(H,13,15,17). The number of nitrogens with one attached hydrogen (secondary N) is 1. The smallest absolute Gasteiger partial charge is 0.277 e. The molecule has 5 nitrogen and oxygen atoms in total. The number of urea groups is 1. The Morgan fingerprint density at radius 1 is 1.24 bits per heavy atom. The van der Waals surface area contributed by atoms with Gasteiger partial charge >= 0.3 is 6.03 Å². The largest absolute Gasteiger partial charge is 0.330 e. The molecule has 0 bridgehead atoms. The summed E-state index contributed by atoms with van der Waals surface area (Å²) in [7, 11) is 0.